The fraction of sp³-hybridized carbons (Fsp3) is 0.300. The number of primary amides is 1. The van der Waals surface area contributed by atoms with Gasteiger partial charge in [-0.25, -0.2) is 4.79 Å². The van der Waals surface area contributed by atoms with E-state index in [0.717, 1.165) is 0 Å². The molecule has 2 aromatic carbocycles. The molecule has 0 bridgehead atoms. The highest BCUT2D eigenvalue weighted by Crippen LogP contribution is 2.40. The van der Waals surface area contributed by atoms with E-state index in [9.17, 15) is 9.59 Å². The third-order valence-electron chi connectivity index (χ3n) is 4.22. The Morgan fingerprint density at radius 1 is 0.900 bits per heavy atom. The lowest BCUT2D eigenvalue weighted by molar-refractivity contribution is -0.147. The number of amides is 1. The van der Waals surface area contributed by atoms with Gasteiger partial charge in [-0.1, -0.05) is 12.1 Å². The van der Waals surface area contributed by atoms with Crippen LogP contribution in [-0.2, 0) is 9.59 Å². The number of ether oxygens (including phenoxy) is 6. The van der Waals surface area contributed by atoms with Gasteiger partial charge in [-0.15, -0.1) is 0 Å². The van der Waals surface area contributed by atoms with Crippen LogP contribution in [0, 0.1) is 0 Å². The number of carboxylic acid groups (broad SMARTS) is 1. The smallest absolute Gasteiger partial charge is 0.348 e. The third-order valence-corrected chi connectivity index (χ3v) is 4.22. The molecule has 10 heteroatoms. The number of benzene rings is 2. The predicted molar refractivity (Wildman–Crippen MR) is 103 cm³/mol. The molecule has 2 aliphatic rings. The molecule has 2 unspecified atom stereocenters. The van der Waals surface area contributed by atoms with Crippen LogP contribution in [0.25, 0.3) is 0 Å². The molecule has 1 amide bonds. The molecule has 2 heterocycles. The first-order valence-electron chi connectivity index (χ1n) is 8.89. The molecule has 0 aliphatic carbocycles. The Morgan fingerprint density at radius 2 is 1.37 bits per heavy atom. The van der Waals surface area contributed by atoms with Crippen LogP contribution in [0.15, 0.2) is 36.4 Å². The summed E-state index contributed by atoms with van der Waals surface area (Å²) in [6.07, 6.45) is -1.73. The fourth-order valence-corrected chi connectivity index (χ4v) is 2.72. The zero-order valence-corrected chi connectivity index (χ0v) is 16.3. The molecule has 2 aliphatic heterocycles. The summed E-state index contributed by atoms with van der Waals surface area (Å²) in [4.78, 5) is 21.7. The monoisotopic (exact) mass is 419 g/mol. The summed E-state index contributed by atoms with van der Waals surface area (Å²) >= 11 is 0. The van der Waals surface area contributed by atoms with E-state index >= 15 is 0 Å². The standard InChI is InChI=1S/C10H11NO4.C10H10O5/c2*1-13-6-3-2-4-7-9(6)15-8(5-14-7)10(11)12/h2-4,8H,5H2,1H3,(H2,11,12);2-4,8H,5H2,1H3,(H,11,12). The Bertz CT molecular complexity index is 826. The molecule has 160 valence electrons. The molecular weight excluding hydrogens is 398 g/mol. The lowest BCUT2D eigenvalue weighted by atomic mass is 10.2. The van der Waals surface area contributed by atoms with Crippen molar-refractivity contribution < 1.29 is 43.1 Å². The SMILES string of the molecule is COc1cccc2c1OC(C(=O)O)CO2.COc1cccc2c1OC(C(N)=O)CO2. The van der Waals surface area contributed by atoms with E-state index < -0.39 is 24.1 Å². The lowest BCUT2D eigenvalue weighted by Crippen LogP contribution is -2.40. The third kappa shape index (κ3) is 4.43. The van der Waals surface area contributed by atoms with Gasteiger partial charge < -0.3 is 39.3 Å². The number of hydrogen-bond acceptors (Lipinski definition) is 8. The number of rotatable bonds is 4. The predicted octanol–water partition coefficient (Wildman–Crippen LogP) is 1.24. The molecule has 0 saturated heterocycles. The van der Waals surface area contributed by atoms with Crippen LogP contribution in [0.5, 0.6) is 34.5 Å². The van der Waals surface area contributed by atoms with Crippen molar-refractivity contribution in [3.8, 4) is 34.5 Å². The summed E-state index contributed by atoms with van der Waals surface area (Å²) in [6.45, 7) is 0.144. The highest BCUT2D eigenvalue weighted by atomic mass is 16.6. The lowest BCUT2D eigenvalue weighted by Gasteiger charge is -2.25. The van der Waals surface area contributed by atoms with E-state index in [2.05, 4.69) is 0 Å². The molecule has 10 nitrogen and oxygen atoms in total. The Balaban J connectivity index is 0.000000171. The van der Waals surface area contributed by atoms with Crippen LogP contribution in [0.2, 0.25) is 0 Å². The Morgan fingerprint density at radius 3 is 1.80 bits per heavy atom. The number of nitrogens with two attached hydrogens (primary N) is 1. The van der Waals surface area contributed by atoms with Crippen molar-refractivity contribution in [2.24, 2.45) is 5.73 Å². The van der Waals surface area contributed by atoms with Gasteiger partial charge in [-0.3, -0.25) is 4.79 Å². The molecule has 3 N–H and O–H groups in total. The number of carbonyl (C=O) groups excluding carboxylic acids is 1. The number of aliphatic carboxylic acids is 1. The van der Waals surface area contributed by atoms with Crippen LogP contribution in [0.3, 0.4) is 0 Å². The zero-order chi connectivity index (χ0) is 21.7. The van der Waals surface area contributed by atoms with E-state index in [0.29, 0.717) is 34.5 Å². The maximum absolute atomic E-state index is 10.9. The molecule has 0 aromatic heterocycles. The number of hydrogen-bond donors (Lipinski definition) is 2. The molecule has 30 heavy (non-hydrogen) atoms. The molecule has 2 aromatic rings. The van der Waals surface area contributed by atoms with Crippen molar-refractivity contribution in [3.05, 3.63) is 36.4 Å². The second kappa shape index (κ2) is 9.12. The first-order valence-corrected chi connectivity index (χ1v) is 8.89. The Kier molecular flexibility index (Phi) is 6.35. The maximum atomic E-state index is 10.9. The highest BCUT2D eigenvalue weighted by molar-refractivity contribution is 5.80. The minimum absolute atomic E-state index is 0.00943. The summed E-state index contributed by atoms with van der Waals surface area (Å²) in [6, 6.07) is 10.4. The fourth-order valence-electron chi connectivity index (χ4n) is 2.72. The van der Waals surface area contributed by atoms with E-state index in [4.69, 9.17) is 39.3 Å². The molecule has 0 radical (unpaired) electrons. The summed E-state index contributed by atoms with van der Waals surface area (Å²) in [5.74, 6) is 1.24. The van der Waals surface area contributed by atoms with Crippen LogP contribution in [0.1, 0.15) is 0 Å². The summed E-state index contributed by atoms with van der Waals surface area (Å²) in [5, 5.41) is 8.78. The van der Waals surface area contributed by atoms with E-state index in [1.165, 1.54) is 14.2 Å². The van der Waals surface area contributed by atoms with Gasteiger partial charge in [0.25, 0.3) is 5.91 Å². The minimum Gasteiger partial charge on any atom is -0.493 e. The van der Waals surface area contributed by atoms with Gasteiger partial charge in [0.1, 0.15) is 13.2 Å². The number of para-hydroxylation sites is 2. The molecule has 0 fully saturated rings. The minimum atomic E-state index is -1.05. The average Bonchev–Trinajstić information content (AvgIpc) is 2.77. The van der Waals surface area contributed by atoms with E-state index in [1.54, 1.807) is 36.4 Å². The van der Waals surface area contributed by atoms with Crippen molar-refractivity contribution in [1.82, 2.24) is 0 Å². The molecule has 4 rings (SSSR count). The van der Waals surface area contributed by atoms with Gasteiger partial charge >= 0.3 is 5.97 Å². The number of methoxy groups -OCH3 is 2. The normalized spacial score (nSPS) is 18.3. The maximum Gasteiger partial charge on any atom is 0.348 e. The van der Waals surface area contributed by atoms with Gasteiger partial charge in [0.15, 0.2) is 23.0 Å². The van der Waals surface area contributed by atoms with Crippen molar-refractivity contribution >= 4 is 11.9 Å². The van der Waals surface area contributed by atoms with E-state index in [1.807, 2.05) is 0 Å². The molecule has 0 saturated carbocycles. The van der Waals surface area contributed by atoms with Gasteiger partial charge in [-0.2, -0.15) is 0 Å². The van der Waals surface area contributed by atoms with Crippen LogP contribution < -0.4 is 34.2 Å². The van der Waals surface area contributed by atoms with Crippen LogP contribution in [0.4, 0.5) is 0 Å². The zero-order valence-electron chi connectivity index (χ0n) is 16.3. The first-order chi connectivity index (χ1) is 14.4. The average molecular weight is 419 g/mol. The second-order valence-corrected chi connectivity index (χ2v) is 6.15. The topological polar surface area (TPSA) is 136 Å². The number of fused-ring (bicyclic) bond motifs is 2. The van der Waals surface area contributed by atoms with Gasteiger partial charge in [-0.05, 0) is 24.3 Å². The van der Waals surface area contributed by atoms with Crippen LogP contribution in [-0.4, -0.2) is 56.6 Å². The van der Waals surface area contributed by atoms with Crippen LogP contribution >= 0.6 is 0 Å². The highest BCUT2D eigenvalue weighted by Gasteiger charge is 2.29. The van der Waals surface area contributed by atoms with Crippen molar-refractivity contribution in [3.63, 3.8) is 0 Å². The van der Waals surface area contributed by atoms with Crippen molar-refractivity contribution in [2.45, 2.75) is 12.2 Å². The van der Waals surface area contributed by atoms with Crippen molar-refractivity contribution in [1.29, 1.82) is 0 Å². The molecule has 0 spiro atoms. The Labute approximate surface area is 172 Å². The second-order valence-electron chi connectivity index (χ2n) is 6.15. The van der Waals surface area contributed by atoms with Gasteiger partial charge in [0, 0.05) is 0 Å². The quantitative estimate of drug-likeness (QED) is 0.750. The first kappa shape index (κ1) is 20.9. The Hall–Kier alpha value is -3.82. The largest absolute Gasteiger partial charge is 0.493 e. The number of carboxylic acids is 1. The summed E-state index contributed by atoms with van der Waals surface area (Å²) in [5.41, 5.74) is 5.13. The molecule has 2 atom stereocenters. The van der Waals surface area contributed by atoms with Crippen molar-refractivity contribution in [2.75, 3.05) is 27.4 Å². The summed E-state index contributed by atoms with van der Waals surface area (Å²) in [7, 11) is 3.01. The van der Waals surface area contributed by atoms with E-state index in [-0.39, 0.29) is 13.2 Å². The summed E-state index contributed by atoms with van der Waals surface area (Å²) < 4.78 is 31.4. The molecular formula is C20H21NO9. The van der Waals surface area contributed by atoms with Gasteiger partial charge in [0.05, 0.1) is 14.2 Å². The van der Waals surface area contributed by atoms with Gasteiger partial charge in [0.2, 0.25) is 23.7 Å². The number of carbonyl (C=O) groups is 2.